The van der Waals surface area contributed by atoms with Crippen molar-refractivity contribution in [1.82, 2.24) is 4.57 Å². The van der Waals surface area contributed by atoms with Crippen LogP contribution in [0.15, 0.2) is 18.3 Å². The molecule has 2 N–H and O–H groups in total. The zero-order chi connectivity index (χ0) is 8.55. The molecule has 1 aliphatic rings. The molecule has 0 aromatic carbocycles. The van der Waals surface area contributed by atoms with E-state index < -0.39 is 0 Å². The highest BCUT2D eigenvalue weighted by Crippen LogP contribution is 2.36. The Labute approximate surface area is 73.4 Å². The van der Waals surface area contributed by atoms with Gasteiger partial charge in [-0.05, 0) is 24.5 Å². The lowest BCUT2D eigenvalue weighted by Crippen LogP contribution is -2.14. The van der Waals surface area contributed by atoms with E-state index in [0.717, 1.165) is 12.3 Å². The van der Waals surface area contributed by atoms with Crippen LogP contribution in [0.2, 0.25) is 0 Å². The monoisotopic (exact) mass is 164 g/mol. The highest BCUT2D eigenvalue weighted by atomic mass is 14.9. The van der Waals surface area contributed by atoms with E-state index in [4.69, 9.17) is 5.73 Å². The Bertz CT molecular complexity index is 261. The fraction of sp³-hybridized carbons (Fsp3) is 0.600. The summed E-state index contributed by atoms with van der Waals surface area (Å²) in [6, 6.07) is 4.42. The smallest absolute Gasteiger partial charge is 0.0452 e. The SMILES string of the molecule is Cn1cccc1[C@@H](N)CC1CC1. The van der Waals surface area contributed by atoms with Gasteiger partial charge in [0.15, 0.2) is 0 Å². The predicted molar refractivity (Wildman–Crippen MR) is 49.7 cm³/mol. The number of nitrogens with two attached hydrogens (primary N) is 1. The second kappa shape index (κ2) is 2.94. The van der Waals surface area contributed by atoms with E-state index in [2.05, 4.69) is 29.9 Å². The van der Waals surface area contributed by atoms with Crippen LogP contribution in [-0.4, -0.2) is 4.57 Å². The van der Waals surface area contributed by atoms with Gasteiger partial charge in [0.1, 0.15) is 0 Å². The molecule has 12 heavy (non-hydrogen) atoms. The second-order valence-corrected chi connectivity index (χ2v) is 3.83. The third kappa shape index (κ3) is 1.53. The van der Waals surface area contributed by atoms with Gasteiger partial charge in [-0.15, -0.1) is 0 Å². The molecule has 66 valence electrons. The largest absolute Gasteiger partial charge is 0.353 e. The van der Waals surface area contributed by atoms with E-state index >= 15 is 0 Å². The van der Waals surface area contributed by atoms with Crippen LogP contribution in [-0.2, 0) is 7.05 Å². The molecule has 0 aliphatic heterocycles. The van der Waals surface area contributed by atoms with E-state index in [1.54, 1.807) is 0 Å². The van der Waals surface area contributed by atoms with E-state index in [1.807, 2.05) is 0 Å². The zero-order valence-electron chi connectivity index (χ0n) is 7.53. The molecule has 1 heterocycles. The van der Waals surface area contributed by atoms with E-state index in [-0.39, 0.29) is 6.04 Å². The van der Waals surface area contributed by atoms with Gasteiger partial charge < -0.3 is 10.3 Å². The van der Waals surface area contributed by atoms with Gasteiger partial charge in [-0.2, -0.15) is 0 Å². The van der Waals surface area contributed by atoms with Crippen LogP contribution in [0.3, 0.4) is 0 Å². The summed E-state index contributed by atoms with van der Waals surface area (Å²) in [5.74, 6) is 0.912. The molecule has 0 unspecified atom stereocenters. The van der Waals surface area contributed by atoms with Crippen molar-refractivity contribution < 1.29 is 0 Å². The van der Waals surface area contributed by atoms with Crippen LogP contribution in [0.25, 0.3) is 0 Å². The molecule has 0 bridgehead atoms. The van der Waals surface area contributed by atoms with E-state index in [9.17, 15) is 0 Å². The molecule has 0 amide bonds. The molecule has 1 aromatic rings. The highest BCUT2D eigenvalue weighted by molar-refractivity contribution is 5.11. The lowest BCUT2D eigenvalue weighted by atomic mass is 10.1. The molecule has 1 aromatic heterocycles. The Hall–Kier alpha value is -0.760. The third-order valence-electron chi connectivity index (χ3n) is 2.65. The molecule has 2 rings (SSSR count). The highest BCUT2D eigenvalue weighted by Gasteiger charge is 2.25. The number of hydrogen-bond donors (Lipinski definition) is 1. The minimum Gasteiger partial charge on any atom is -0.353 e. The van der Waals surface area contributed by atoms with Gasteiger partial charge in [0.2, 0.25) is 0 Å². The van der Waals surface area contributed by atoms with Crippen molar-refractivity contribution in [1.29, 1.82) is 0 Å². The number of aryl methyl sites for hydroxylation is 1. The average molecular weight is 164 g/mol. The number of hydrogen-bond acceptors (Lipinski definition) is 1. The predicted octanol–water partition coefficient (Wildman–Crippen LogP) is 1.82. The van der Waals surface area contributed by atoms with Crippen LogP contribution < -0.4 is 5.73 Å². The average Bonchev–Trinajstić information content (AvgIpc) is 2.72. The van der Waals surface area contributed by atoms with E-state index in [1.165, 1.54) is 18.5 Å². The first kappa shape index (κ1) is 7.87. The molecule has 0 radical (unpaired) electrons. The molecule has 0 saturated heterocycles. The maximum absolute atomic E-state index is 6.06. The first-order valence-electron chi connectivity index (χ1n) is 4.64. The first-order chi connectivity index (χ1) is 5.77. The van der Waals surface area contributed by atoms with Gasteiger partial charge in [-0.1, -0.05) is 12.8 Å². The summed E-state index contributed by atoms with van der Waals surface area (Å²) in [5, 5.41) is 0. The Morgan fingerprint density at radius 2 is 2.42 bits per heavy atom. The number of nitrogens with zero attached hydrogens (tertiary/aromatic N) is 1. The normalized spacial score (nSPS) is 19.5. The fourth-order valence-electron chi connectivity index (χ4n) is 1.69. The maximum atomic E-state index is 6.06. The summed E-state index contributed by atoms with van der Waals surface area (Å²) < 4.78 is 2.12. The molecule has 1 atom stereocenters. The van der Waals surface area contributed by atoms with Gasteiger partial charge in [-0.25, -0.2) is 0 Å². The third-order valence-corrected chi connectivity index (χ3v) is 2.65. The van der Waals surface area contributed by atoms with Crippen molar-refractivity contribution in [2.75, 3.05) is 0 Å². The quantitative estimate of drug-likeness (QED) is 0.726. The molecule has 0 spiro atoms. The fourth-order valence-corrected chi connectivity index (χ4v) is 1.69. The van der Waals surface area contributed by atoms with Crippen molar-refractivity contribution in [3.63, 3.8) is 0 Å². The Morgan fingerprint density at radius 1 is 1.67 bits per heavy atom. The molecular weight excluding hydrogens is 148 g/mol. The maximum Gasteiger partial charge on any atom is 0.0452 e. The summed E-state index contributed by atoms with van der Waals surface area (Å²) in [4.78, 5) is 0. The van der Waals surface area contributed by atoms with Crippen LogP contribution >= 0.6 is 0 Å². The van der Waals surface area contributed by atoms with E-state index in [0.29, 0.717) is 0 Å². The lowest BCUT2D eigenvalue weighted by molar-refractivity contribution is 0.565. The van der Waals surface area contributed by atoms with Crippen molar-refractivity contribution in [3.05, 3.63) is 24.0 Å². The topological polar surface area (TPSA) is 30.9 Å². The summed E-state index contributed by atoms with van der Waals surface area (Å²) in [6.07, 6.45) is 6.00. The van der Waals surface area contributed by atoms with Crippen molar-refractivity contribution in [2.45, 2.75) is 25.3 Å². The minimum absolute atomic E-state index is 0.248. The lowest BCUT2D eigenvalue weighted by Gasteiger charge is -2.11. The summed E-state index contributed by atoms with van der Waals surface area (Å²) in [5.41, 5.74) is 7.33. The van der Waals surface area contributed by atoms with Gasteiger partial charge in [-0.3, -0.25) is 0 Å². The van der Waals surface area contributed by atoms with Crippen molar-refractivity contribution in [3.8, 4) is 0 Å². The second-order valence-electron chi connectivity index (χ2n) is 3.83. The Balaban J connectivity index is 2.02. The van der Waals surface area contributed by atoms with Gasteiger partial charge in [0.25, 0.3) is 0 Å². The van der Waals surface area contributed by atoms with Gasteiger partial charge in [0, 0.05) is 25.0 Å². The summed E-state index contributed by atoms with van der Waals surface area (Å²) in [7, 11) is 2.06. The molecule has 1 fully saturated rings. The zero-order valence-corrected chi connectivity index (χ0v) is 7.53. The first-order valence-corrected chi connectivity index (χ1v) is 4.64. The number of rotatable bonds is 3. The molecule has 1 saturated carbocycles. The van der Waals surface area contributed by atoms with Crippen LogP contribution in [0.1, 0.15) is 31.0 Å². The molecule has 2 nitrogen and oxygen atoms in total. The Kier molecular flexibility index (Phi) is 1.93. The Morgan fingerprint density at radius 3 is 2.92 bits per heavy atom. The van der Waals surface area contributed by atoms with Crippen LogP contribution in [0, 0.1) is 5.92 Å². The standard InChI is InChI=1S/C10H16N2/c1-12-6-2-3-10(12)9(11)7-8-4-5-8/h2-3,6,8-9H,4-5,7,11H2,1H3/t9-/m0/s1. The summed E-state index contributed by atoms with van der Waals surface area (Å²) >= 11 is 0. The van der Waals surface area contributed by atoms with Crippen molar-refractivity contribution in [2.24, 2.45) is 18.7 Å². The number of aromatic nitrogens is 1. The van der Waals surface area contributed by atoms with Crippen molar-refractivity contribution >= 4 is 0 Å². The van der Waals surface area contributed by atoms with Crippen LogP contribution in [0.5, 0.6) is 0 Å². The van der Waals surface area contributed by atoms with Crippen LogP contribution in [0.4, 0.5) is 0 Å². The minimum atomic E-state index is 0.248. The van der Waals surface area contributed by atoms with Gasteiger partial charge in [0.05, 0.1) is 0 Å². The van der Waals surface area contributed by atoms with Gasteiger partial charge >= 0.3 is 0 Å². The summed E-state index contributed by atoms with van der Waals surface area (Å²) in [6.45, 7) is 0. The molecule has 1 aliphatic carbocycles. The molecule has 2 heteroatoms. The molecular formula is C10H16N2.